The lowest BCUT2D eigenvalue weighted by atomic mass is 9.88. The van der Waals surface area contributed by atoms with Crippen LogP contribution in [-0.2, 0) is 0 Å². The largest absolute Gasteiger partial charge is 0.0616 e. The van der Waals surface area contributed by atoms with Crippen molar-refractivity contribution in [2.24, 2.45) is 0 Å². The van der Waals surface area contributed by atoms with E-state index in [9.17, 15) is 0 Å². The molecule has 7 aromatic rings. The molecule has 0 saturated heterocycles. The first kappa shape index (κ1) is 22.3. The third-order valence-electron chi connectivity index (χ3n) is 9.56. The molecule has 0 radical (unpaired) electrons. The van der Waals surface area contributed by atoms with Crippen molar-refractivity contribution in [3.8, 4) is 22.3 Å². The van der Waals surface area contributed by atoms with E-state index in [-0.39, 0.29) is 0 Å². The first-order chi connectivity index (χ1) is 20.9. The molecule has 10 rings (SSSR count). The quantitative estimate of drug-likeness (QED) is 0.209. The molecule has 0 heterocycles. The fourth-order valence-electron chi connectivity index (χ4n) is 7.93. The van der Waals surface area contributed by atoms with Crippen molar-refractivity contribution in [1.82, 2.24) is 0 Å². The summed E-state index contributed by atoms with van der Waals surface area (Å²) in [4.78, 5) is 0. The molecule has 0 atom stereocenters. The van der Waals surface area contributed by atoms with Gasteiger partial charge in [-0.2, -0.15) is 0 Å². The van der Waals surface area contributed by atoms with E-state index < -0.39 is 0 Å². The van der Waals surface area contributed by atoms with Gasteiger partial charge in [-0.3, -0.25) is 0 Å². The van der Waals surface area contributed by atoms with Crippen LogP contribution in [0.15, 0.2) is 146 Å². The van der Waals surface area contributed by atoms with E-state index in [0.29, 0.717) is 0 Å². The van der Waals surface area contributed by atoms with Crippen LogP contribution in [0.5, 0.6) is 0 Å². The second-order valence-corrected chi connectivity index (χ2v) is 11.6. The molecule has 0 amide bonds. The number of hydrogen-bond acceptors (Lipinski definition) is 0. The molecule has 0 heteroatoms. The first-order valence-corrected chi connectivity index (χ1v) is 14.7. The van der Waals surface area contributed by atoms with Crippen LogP contribution < -0.4 is 0 Å². The molecule has 3 aliphatic rings. The summed E-state index contributed by atoms with van der Waals surface area (Å²) in [5, 5.41) is 5.28. The van der Waals surface area contributed by atoms with Gasteiger partial charge in [0.05, 0.1) is 0 Å². The average molecular weight is 529 g/mol. The Balaban J connectivity index is 1.36. The molecule has 0 bridgehead atoms. The third-order valence-corrected chi connectivity index (χ3v) is 9.56. The summed E-state index contributed by atoms with van der Waals surface area (Å²) < 4.78 is 0. The zero-order chi connectivity index (χ0) is 27.4. The Morgan fingerprint density at radius 1 is 0.214 bits per heavy atom. The smallest absolute Gasteiger partial charge is 0.000741 e. The van der Waals surface area contributed by atoms with Gasteiger partial charge >= 0.3 is 0 Å². The Kier molecular flexibility index (Phi) is 4.27. The molecule has 0 aliphatic heterocycles. The summed E-state index contributed by atoms with van der Waals surface area (Å²) in [5.41, 5.74) is 18.7. The van der Waals surface area contributed by atoms with Gasteiger partial charge in [0, 0.05) is 0 Å². The van der Waals surface area contributed by atoms with Crippen LogP contribution in [0.1, 0.15) is 33.4 Å². The molecule has 0 saturated carbocycles. The second-order valence-electron chi connectivity index (χ2n) is 11.6. The lowest BCUT2D eigenvalue weighted by Crippen LogP contribution is -1.94. The van der Waals surface area contributed by atoms with Crippen LogP contribution in [0.2, 0.25) is 0 Å². The molecule has 0 aromatic heterocycles. The minimum atomic E-state index is 1.27. The standard InChI is InChI=1S/C42H24/c1-2-13-26-25(11-1)12-9-20-29(26)39-32-16-5-7-18-34(32)42-40(33-17-6-8-19-35(33)41(39)42)37-24-23-36-28-15-4-3-14-27(28)30-21-10-22-31(37)38(30)36/h1-24H. The van der Waals surface area contributed by atoms with Gasteiger partial charge in [-0.25, -0.2) is 0 Å². The zero-order valence-electron chi connectivity index (χ0n) is 22.9. The lowest BCUT2D eigenvalue weighted by Gasteiger charge is -2.15. The Labute approximate surface area is 244 Å². The van der Waals surface area contributed by atoms with E-state index in [2.05, 4.69) is 146 Å². The van der Waals surface area contributed by atoms with Crippen molar-refractivity contribution < 1.29 is 0 Å². The lowest BCUT2D eigenvalue weighted by molar-refractivity contribution is 1.54. The van der Waals surface area contributed by atoms with Gasteiger partial charge in [0.1, 0.15) is 0 Å². The van der Waals surface area contributed by atoms with Crippen LogP contribution in [-0.4, -0.2) is 0 Å². The maximum Gasteiger partial charge on any atom is -0.000741 e. The fourth-order valence-corrected chi connectivity index (χ4v) is 7.93. The van der Waals surface area contributed by atoms with Crippen molar-refractivity contribution in [3.63, 3.8) is 0 Å². The highest BCUT2D eigenvalue weighted by molar-refractivity contribution is 6.37. The second kappa shape index (κ2) is 8.06. The molecule has 0 nitrogen and oxygen atoms in total. The van der Waals surface area contributed by atoms with E-state index in [4.69, 9.17) is 0 Å². The van der Waals surface area contributed by atoms with Crippen molar-refractivity contribution >= 4 is 43.8 Å². The maximum absolute atomic E-state index is 2.38. The van der Waals surface area contributed by atoms with Crippen LogP contribution in [0, 0.1) is 0 Å². The minimum Gasteiger partial charge on any atom is -0.0616 e. The summed E-state index contributed by atoms with van der Waals surface area (Å²) in [7, 11) is 0. The highest BCUT2D eigenvalue weighted by Crippen LogP contribution is 2.60. The highest BCUT2D eigenvalue weighted by atomic mass is 14.4. The normalized spacial score (nSPS) is 14.0. The monoisotopic (exact) mass is 528 g/mol. The van der Waals surface area contributed by atoms with Crippen LogP contribution >= 0.6 is 0 Å². The van der Waals surface area contributed by atoms with Gasteiger partial charge in [-0.05, 0) is 99.5 Å². The number of rotatable bonds is 2. The van der Waals surface area contributed by atoms with Crippen molar-refractivity contribution in [1.29, 1.82) is 0 Å². The molecular formula is C42H24. The maximum atomic E-state index is 2.38. The van der Waals surface area contributed by atoms with E-state index in [0.717, 1.165) is 0 Å². The molecular weight excluding hydrogens is 504 g/mol. The predicted octanol–water partition coefficient (Wildman–Crippen LogP) is 10.9. The Bertz CT molecular complexity index is 2360. The number of allylic oxidation sites excluding steroid dienone is 2. The first-order valence-electron chi connectivity index (χ1n) is 14.7. The van der Waals surface area contributed by atoms with Gasteiger partial charge in [-0.1, -0.05) is 146 Å². The van der Waals surface area contributed by atoms with Crippen LogP contribution in [0.25, 0.3) is 66.1 Å². The Hall–Kier alpha value is -5.46. The van der Waals surface area contributed by atoms with E-state index >= 15 is 0 Å². The van der Waals surface area contributed by atoms with Gasteiger partial charge in [-0.15, -0.1) is 0 Å². The molecule has 0 spiro atoms. The summed E-state index contributed by atoms with van der Waals surface area (Å²) in [6, 6.07) is 54.0. The molecule has 0 fully saturated rings. The Morgan fingerprint density at radius 3 is 1.26 bits per heavy atom. The topological polar surface area (TPSA) is 0 Å². The molecule has 0 unspecified atom stereocenters. The summed E-state index contributed by atoms with van der Waals surface area (Å²) in [6.45, 7) is 0. The number of benzene rings is 7. The fraction of sp³-hybridized carbons (Fsp3) is 0. The van der Waals surface area contributed by atoms with Crippen LogP contribution in [0.4, 0.5) is 0 Å². The highest BCUT2D eigenvalue weighted by Gasteiger charge is 2.38. The Morgan fingerprint density at radius 2 is 0.595 bits per heavy atom. The van der Waals surface area contributed by atoms with Crippen LogP contribution in [0.3, 0.4) is 0 Å². The molecule has 7 aromatic carbocycles. The average Bonchev–Trinajstić information content (AvgIpc) is 3.68. The van der Waals surface area contributed by atoms with Gasteiger partial charge < -0.3 is 0 Å². The minimum absolute atomic E-state index is 1.27. The summed E-state index contributed by atoms with van der Waals surface area (Å²) in [5.74, 6) is 0. The van der Waals surface area contributed by atoms with Crippen molar-refractivity contribution in [2.45, 2.75) is 0 Å². The predicted molar refractivity (Wildman–Crippen MR) is 177 cm³/mol. The third kappa shape index (κ3) is 2.72. The van der Waals surface area contributed by atoms with Gasteiger partial charge in [0.2, 0.25) is 0 Å². The number of hydrogen-bond donors (Lipinski definition) is 0. The van der Waals surface area contributed by atoms with Crippen molar-refractivity contribution in [3.05, 3.63) is 179 Å². The summed E-state index contributed by atoms with van der Waals surface area (Å²) in [6.07, 6.45) is 0. The molecule has 42 heavy (non-hydrogen) atoms. The molecule has 3 aliphatic carbocycles. The molecule has 0 N–H and O–H groups in total. The van der Waals surface area contributed by atoms with E-state index in [1.807, 2.05) is 0 Å². The zero-order valence-corrected chi connectivity index (χ0v) is 22.9. The van der Waals surface area contributed by atoms with E-state index in [1.165, 1.54) is 99.5 Å². The van der Waals surface area contributed by atoms with Crippen molar-refractivity contribution in [2.75, 3.05) is 0 Å². The SMILES string of the molecule is c1ccc2c(c1)C1=C(c3ccc4c5c(cccc35)-c3ccccc3-4)c3ccccc3C1=C2c1cccc2ccccc12. The van der Waals surface area contributed by atoms with Gasteiger partial charge in [0.25, 0.3) is 0 Å². The summed E-state index contributed by atoms with van der Waals surface area (Å²) >= 11 is 0. The number of fused-ring (bicyclic) bond motifs is 9. The van der Waals surface area contributed by atoms with Gasteiger partial charge in [0.15, 0.2) is 0 Å². The molecule has 192 valence electrons. The van der Waals surface area contributed by atoms with E-state index in [1.54, 1.807) is 0 Å².